The molecule has 0 fully saturated rings. The normalized spacial score (nSPS) is 12.0. The van der Waals surface area contributed by atoms with Gasteiger partial charge in [0.1, 0.15) is 11.6 Å². The molecular formula is C17H17F2NO. The Morgan fingerprint density at radius 3 is 2.38 bits per heavy atom. The van der Waals surface area contributed by atoms with Crippen LogP contribution in [0.25, 0.3) is 0 Å². The maximum absolute atomic E-state index is 13.8. The summed E-state index contributed by atoms with van der Waals surface area (Å²) in [6.07, 6.45) is 0. The number of aryl methyl sites for hydroxylation is 1. The predicted octanol–water partition coefficient (Wildman–Crippen LogP) is 4.11. The average Bonchev–Trinajstić information content (AvgIpc) is 2.48. The molecule has 2 aromatic carbocycles. The van der Waals surface area contributed by atoms with E-state index in [9.17, 15) is 13.6 Å². The van der Waals surface area contributed by atoms with Gasteiger partial charge in [-0.1, -0.05) is 18.2 Å². The Morgan fingerprint density at radius 1 is 1.10 bits per heavy atom. The standard InChI is InChI=1S/C17H17F2NO/c1-11-10-13(8-9-15(11)18)17(21)20(3)12(2)14-6-4-5-7-16(14)19/h4-10,12H,1-3H3. The Bertz CT molecular complexity index is 670. The van der Waals surface area contributed by atoms with Crippen LogP contribution < -0.4 is 0 Å². The van der Waals surface area contributed by atoms with Gasteiger partial charge in [0, 0.05) is 18.2 Å². The molecule has 110 valence electrons. The highest BCUT2D eigenvalue weighted by Crippen LogP contribution is 2.23. The molecule has 1 atom stereocenters. The van der Waals surface area contributed by atoms with Crippen molar-refractivity contribution in [2.45, 2.75) is 19.9 Å². The van der Waals surface area contributed by atoms with E-state index in [0.717, 1.165) is 0 Å². The van der Waals surface area contributed by atoms with Crippen LogP contribution in [0.3, 0.4) is 0 Å². The molecule has 0 aliphatic rings. The van der Waals surface area contributed by atoms with Gasteiger partial charge < -0.3 is 4.90 Å². The highest BCUT2D eigenvalue weighted by Gasteiger charge is 2.21. The third kappa shape index (κ3) is 3.10. The second kappa shape index (κ2) is 6.04. The molecule has 2 rings (SSSR count). The van der Waals surface area contributed by atoms with Gasteiger partial charge in [0.25, 0.3) is 5.91 Å². The number of amides is 1. The molecule has 0 heterocycles. The fourth-order valence-electron chi connectivity index (χ4n) is 2.18. The summed E-state index contributed by atoms with van der Waals surface area (Å²) in [4.78, 5) is 13.9. The van der Waals surface area contributed by atoms with Crippen molar-refractivity contribution in [1.82, 2.24) is 4.90 Å². The summed E-state index contributed by atoms with van der Waals surface area (Å²) >= 11 is 0. The van der Waals surface area contributed by atoms with Crippen molar-refractivity contribution in [3.05, 3.63) is 70.8 Å². The molecular weight excluding hydrogens is 272 g/mol. The van der Waals surface area contributed by atoms with Crippen LogP contribution in [0, 0.1) is 18.6 Å². The van der Waals surface area contributed by atoms with Crippen LogP contribution in [-0.2, 0) is 0 Å². The Labute approximate surface area is 123 Å². The van der Waals surface area contributed by atoms with Crippen molar-refractivity contribution >= 4 is 5.91 Å². The zero-order valence-corrected chi connectivity index (χ0v) is 12.2. The number of benzene rings is 2. The number of carbonyl (C=O) groups excluding carboxylic acids is 1. The molecule has 0 aliphatic carbocycles. The van der Waals surface area contributed by atoms with Crippen LogP contribution in [-0.4, -0.2) is 17.9 Å². The van der Waals surface area contributed by atoms with E-state index in [4.69, 9.17) is 0 Å². The maximum atomic E-state index is 13.8. The van der Waals surface area contributed by atoms with Crippen molar-refractivity contribution in [2.75, 3.05) is 7.05 Å². The summed E-state index contributed by atoms with van der Waals surface area (Å²) in [6, 6.07) is 10.2. The van der Waals surface area contributed by atoms with E-state index in [1.165, 1.54) is 29.2 Å². The lowest BCUT2D eigenvalue weighted by atomic mass is 10.0. The zero-order chi connectivity index (χ0) is 15.6. The molecule has 4 heteroatoms. The third-order valence-corrected chi connectivity index (χ3v) is 3.66. The van der Waals surface area contributed by atoms with E-state index < -0.39 is 6.04 Å². The molecule has 21 heavy (non-hydrogen) atoms. The molecule has 2 nitrogen and oxygen atoms in total. The molecule has 1 amide bonds. The number of halogens is 2. The number of hydrogen-bond acceptors (Lipinski definition) is 1. The summed E-state index contributed by atoms with van der Waals surface area (Å²) in [5.74, 6) is -0.967. The molecule has 0 radical (unpaired) electrons. The summed E-state index contributed by atoms with van der Waals surface area (Å²) in [7, 11) is 1.61. The summed E-state index contributed by atoms with van der Waals surface area (Å²) in [5, 5.41) is 0. The van der Waals surface area contributed by atoms with Gasteiger partial charge in [0.2, 0.25) is 0 Å². The van der Waals surface area contributed by atoms with Crippen molar-refractivity contribution in [3.63, 3.8) is 0 Å². The monoisotopic (exact) mass is 289 g/mol. The van der Waals surface area contributed by atoms with E-state index in [1.54, 1.807) is 39.1 Å². The van der Waals surface area contributed by atoms with Crippen LogP contribution in [0.4, 0.5) is 8.78 Å². The first-order chi connectivity index (χ1) is 9.91. The molecule has 0 aromatic heterocycles. The molecule has 0 saturated carbocycles. The Balaban J connectivity index is 2.26. The topological polar surface area (TPSA) is 20.3 Å². The van der Waals surface area contributed by atoms with Crippen molar-refractivity contribution in [2.24, 2.45) is 0 Å². The van der Waals surface area contributed by atoms with E-state index in [2.05, 4.69) is 0 Å². The SMILES string of the molecule is Cc1cc(C(=O)N(C)C(C)c2ccccc2F)ccc1F. The Kier molecular flexibility index (Phi) is 4.36. The van der Waals surface area contributed by atoms with Gasteiger partial charge in [-0.15, -0.1) is 0 Å². The van der Waals surface area contributed by atoms with Crippen LogP contribution in [0.2, 0.25) is 0 Å². The Morgan fingerprint density at radius 2 is 1.76 bits per heavy atom. The number of nitrogens with zero attached hydrogens (tertiary/aromatic N) is 1. The fourth-order valence-corrected chi connectivity index (χ4v) is 2.18. The van der Waals surface area contributed by atoms with Crippen LogP contribution in [0.5, 0.6) is 0 Å². The Hall–Kier alpha value is -2.23. The average molecular weight is 289 g/mol. The van der Waals surface area contributed by atoms with Crippen molar-refractivity contribution < 1.29 is 13.6 Å². The molecule has 0 N–H and O–H groups in total. The van der Waals surface area contributed by atoms with Crippen LogP contribution in [0.15, 0.2) is 42.5 Å². The minimum absolute atomic E-state index is 0.270. The molecule has 0 saturated heterocycles. The van der Waals surface area contributed by atoms with Gasteiger partial charge in [-0.3, -0.25) is 4.79 Å². The quantitative estimate of drug-likeness (QED) is 0.833. The number of carbonyl (C=O) groups is 1. The van der Waals surface area contributed by atoms with Gasteiger partial charge in [-0.05, 0) is 43.7 Å². The third-order valence-electron chi connectivity index (χ3n) is 3.66. The molecule has 1 unspecified atom stereocenters. The van der Waals surface area contributed by atoms with Gasteiger partial charge in [0.05, 0.1) is 6.04 Å². The van der Waals surface area contributed by atoms with E-state index in [-0.39, 0.29) is 17.5 Å². The van der Waals surface area contributed by atoms with Crippen LogP contribution >= 0.6 is 0 Å². The van der Waals surface area contributed by atoms with E-state index in [1.807, 2.05) is 0 Å². The van der Waals surface area contributed by atoms with Gasteiger partial charge >= 0.3 is 0 Å². The lowest BCUT2D eigenvalue weighted by Gasteiger charge is -2.26. The van der Waals surface area contributed by atoms with Gasteiger partial charge in [-0.25, -0.2) is 8.78 Å². The second-order valence-corrected chi connectivity index (χ2v) is 5.08. The second-order valence-electron chi connectivity index (χ2n) is 5.08. The number of hydrogen-bond donors (Lipinski definition) is 0. The van der Waals surface area contributed by atoms with E-state index in [0.29, 0.717) is 16.7 Å². The minimum Gasteiger partial charge on any atom is -0.335 e. The van der Waals surface area contributed by atoms with Crippen molar-refractivity contribution in [1.29, 1.82) is 0 Å². The van der Waals surface area contributed by atoms with E-state index >= 15 is 0 Å². The summed E-state index contributed by atoms with van der Waals surface area (Å²) in [6.45, 7) is 3.36. The van der Waals surface area contributed by atoms with Crippen molar-refractivity contribution in [3.8, 4) is 0 Å². The molecule has 2 aromatic rings. The molecule has 0 spiro atoms. The number of rotatable bonds is 3. The molecule has 0 aliphatic heterocycles. The largest absolute Gasteiger partial charge is 0.335 e. The lowest BCUT2D eigenvalue weighted by Crippen LogP contribution is -2.30. The minimum atomic E-state index is -0.413. The van der Waals surface area contributed by atoms with Crippen LogP contribution in [0.1, 0.15) is 34.5 Å². The smallest absolute Gasteiger partial charge is 0.254 e. The first-order valence-electron chi connectivity index (χ1n) is 6.69. The lowest BCUT2D eigenvalue weighted by molar-refractivity contribution is 0.0740. The highest BCUT2D eigenvalue weighted by atomic mass is 19.1. The predicted molar refractivity (Wildman–Crippen MR) is 78.0 cm³/mol. The summed E-state index contributed by atoms with van der Waals surface area (Å²) in [5.41, 5.74) is 1.25. The molecule has 0 bridgehead atoms. The highest BCUT2D eigenvalue weighted by molar-refractivity contribution is 5.94. The van der Waals surface area contributed by atoms with Gasteiger partial charge in [-0.2, -0.15) is 0 Å². The summed E-state index contributed by atoms with van der Waals surface area (Å²) < 4.78 is 27.1. The first kappa shape index (κ1) is 15.2. The first-order valence-corrected chi connectivity index (χ1v) is 6.69. The maximum Gasteiger partial charge on any atom is 0.254 e. The zero-order valence-electron chi connectivity index (χ0n) is 12.2. The van der Waals surface area contributed by atoms with Gasteiger partial charge in [0.15, 0.2) is 0 Å². The fraction of sp³-hybridized carbons (Fsp3) is 0.235.